The van der Waals surface area contributed by atoms with Crippen molar-refractivity contribution in [3.63, 3.8) is 0 Å². The van der Waals surface area contributed by atoms with Crippen LogP contribution in [0.15, 0.2) is 24.3 Å². The Labute approximate surface area is 88.9 Å². The molecule has 0 saturated carbocycles. The molecule has 0 atom stereocenters. The Hall–Kier alpha value is -1.71. The SMILES string of the molecule is COc1cccc(CCCNC(=O)O)c1. The highest BCUT2D eigenvalue weighted by atomic mass is 16.5. The van der Waals surface area contributed by atoms with Gasteiger partial charge < -0.3 is 15.2 Å². The lowest BCUT2D eigenvalue weighted by molar-refractivity contribution is 0.194. The zero-order valence-corrected chi connectivity index (χ0v) is 8.69. The van der Waals surface area contributed by atoms with Crippen molar-refractivity contribution >= 4 is 6.09 Å². The van der Waals surface area contributed by atoms with Crippen LogP contribution in [0, 0.1) is 0 Å². The van der Waals surface area contributed by atoms with Crippen LogP contribution in [0.25, 0.3) is 0 Å². The maximum absolute atomic E-state index is 10.2. The van der Waals surface area contributed by atoms with Gasteiger partial charge in [-0.05, 0) is 30.5 Å². The Morgan fingerprint density at radius 3 is 3.00 bits per heavy atom. The van der Waals surface area contributed by atoms with E-state index in [1.54, 1.807) is 7.11 Å². The fourth-order valence-electron chi connectivity index (χ4n) is 1.32. The molecule has 1 aromatic carbocycles. The standard InChI is InChI=1S/C11H15NO3/c1-15-10-6-2-4-9(8-10)5-3-7-12-11(13)14/h2,4,6,8,12H,3,5,7H2,1H3,(H,13,14). The summed E-state index contributed by atoms with van der Waals surface area (Å²) in [6.07, 6.45) is 0.664. The monoisotopic (exact) mass is 209 g/mol. The molecule has 0 heterocycles. The third kappa shape index (κ3) is 4.35. The molecule has 1 amide bonds. The van der Waals surface area contributed by atoms with Crippen molar-refractivity contribution < 1.29 is 14.6 Å². The maximum atomic E-state index is 10.2. The summed E-state index contributed by atoms with van der Waals surface area (Å²) in [6.45, 7) is 0.479. The summed E-state index contributed by atoms with van der Waals surface area (Å²) in [7, 11) is 1.63. The molecule has 0 aliphatic heterocycles. The minimum atomic E-state index is -0.972. The van der Waals surface area contributed by atoms with Gasteiger partial charge in [0.05, 0.1) is 7.11 Å². The van der Waals surface area contributed by atoms with Gasteiger partial charge in [-0.2, -0.15) is 0 Å². The number of benzene rings is 1. The molecule has 4 nitrogen and oxygen atoms in total. The third-order valence-electron chi connectivity index (χ3n) is 2.05. The van der Waals surface area contributed by atoms with Crippen LogP contribution in [0.1, 0.15) is 12.0 Å². The number of rotatable bonds is 5. The molecule has 0 aromatic heterocycles. The van der Waals surface area contributed by atoms with Crippen LogP contribution in [0.3, 0.4) is 0 Å². The molecule has 0 aliphatic rings. The smallest absolute Gasteiger partial charge is 0.404 e. The van der Waals surface area contributed by atoms with E-state index in [1.165, 1.54) is 0 Å². The molecule has 0 aliphatic carbocycles. The molecular weight excluding hydrogens is 194 g/mol. The number of aryl methyl sites for hydroxylation is 1. The van der Waals surface area contributed by atoms with E-state index in [9.17, 15) is 4.79 Å². The largest absolute Gasteiger partial charge is 0.497 e. The average molecular weight is 209 g/mol. The highest BCUT2D eigenvalue weighted by Gasteiger charge is 1.97. The topological polar surface area (TPSA) is 58.6 Å². The molecule has 0 radical (unpaired) electrons. The molecule has 0 spiro atoms. The third-order valence-corrected chi connectivity index (χ3v) is 2.05. The zero-order valence-electron chi connectivity index (χ0n) is 8.69. The first-order valence-electron chi connectivity index (χ1n) is 4.82. The normalized spacial score (nSPS) is 9.67. The second-order valence-electron chi connectivity index (χ2n) is 3.19. The minimum absolute atomic E-state index is 0.479. The van der Waals surface area contributed by atoms with Crippen LogP contribution in [-0.2, 0) is 6.42 Å². The predicted octanol–water partition coefficient (Wildman–Crippen LogP) is 1.90. The molecular formula is C11H15NO3. The highest BCUT2D eigenvalue weighted by molar-refractivity contribution is 5.64. The van der Waals surface area contributed by atoms with Crippen LogP contribution in [-0.4, -0.2) is 24.9 Å². The second kappa shape index (κ2) is 5.90. The first-order chi connectivity index (χ1) is 7.22. The number of carboxylic acid groups (broad SMARTS) is 1. The quantitative estimate of drug-likeness (QED) is 0.728. The Balaban J connectivity index is 2.33. The summed E-state index contributed by atoms with van der Waals surface area (Å²) < 4.78 is 5.09. The van der Waals surface area contributed by atoms with Gasteiger partial charge in [0.15, 0.2) is 0 Å². The van der Waals surface area contributed by atoms with Crippen molar-refractivity contribution in [2.45, 2.75) is 12.8 Å². The van der Waals surface area contributed by atoms with E-state index in [0.29, 0.717) is 6.54 Å². The van der Waals surface area contributed by atoms with Gasteiger partial charge in [0, 0.05) is 6.54 Å². The Bertz CT molecular complexity index is 325. The lowest BCUT2D eigenvalue weighted by Crippen LogP contribution is -2.22. The van der Waals surface area contributed by atoms with E-state index >= 15 is 0 Å². The van der Waals surface area contributed by atoms with Gasteiger partial charge >= 0.3 is 6.09 Å². The van der Waals surface area contributed by atoms with E-state index in [2.05, 4.69) is 5.32 Å². The van der Waals surface area contributed by atoms with E-state index in [1.807, 2.05) is 24.3 Å². The van der Waals surface area contributed by atoms with Crippen LogP contribution in [0.5, 0.6) is 5.75 Å². The van der Waals surface area contributed by atoms with Gasteiger partial charge in [0.1, 0.15) is 5.75 Å². The van der Waals surface area contributed by atoms with E-state index in [0.717, 1.165) is 24.2 Å². The van der Waals surface area contributed by atoms with Crippen molar-refractivity contribution in [3.8, 4) is 5.75 Å². The van der Waals surface area contributed by atoms with Gasteiger partial charge in [-0.15, -0.1) is 0 Å². The van der Waals surface area contributed by atoms with E-state index in [4.69, 9.17) is 9.84 Å². The van der Waals surface area contributed by atoms with Crippen molar-refractivity contribution in [2.75, 3.05) is 13.7 Å². The number of hydrogen-bond donors (Lipinski definition) is 2. The Kier molecular flexibility index (Phi) is 4.47. The Morgan fingerprint density at radius 1 is 1.53 bits per heavy atom. The van der Waals surface area contributed by atoms with Crippen LogP contribution < -0.4 is 10.1 Å². The van der Waals surface area contributed by atoms with Crippen molar-refractivity contribution in [1.82, 2.24) is 5.32 Å². The minimum Gasteiger partial charge on any atom is -0.497 e. The average Bonchev–Trinajstić information content (AvgIpc) is 2.24. The van der Waals surface area contributed by atoms with Gasteiger partial charge in [0.2, 0.25) is 0 Å². The lowest BCUT2D eigenvalue weighted by atomic mass is 10.1. The summed E-state index contributed by atoms with van der Waals surface area (Å²) in [5.74, 6) is 0.832. The number of carbonyl (C=O) groups is 1. The maximum Gasteiger partial charge on any atom is 0.404 e. The number of amides is 1. The number of hydrogen-bond acceptors (Lipinski definition) is 2. The van der Waals surface area contributed by atoms with Gasteiger partial charge in [0.25, 0.3) is 0 Å². The first-order valence-corrected chi connectivity index (χ1v) is 4.82. The summed E-state index contributed by atoms with van der Waals surface area (Å²) in [5.41, 5.74) is 1.15. The predicted molar refractivity (Wildman–Crippen MR) is 57.3 cm³/mol. The molecule has 0 fully saturated rings. The molecule has 82 valence electrons. The van der Waals surface area contributed by atoms with Crippen molar-refractivity contribution in [3.05, 3.63) is 29.8 Å². The van der Waals surface area contributed by atoms with Crippen molar-refractivity contribution in [1.29, 1.82) is 0 Å². The van der Waals surface area contributed by atoms with Gasteiger partial charge in [-0.1, -0.05) is 12.1 Å². The summed E-state index contributed by atoms with van der Waals surface area (Å²) in [6, 6.07) is 7.78. The molecule has 0 saturated heterocycles. The second-order valence-corrected chi connectivity index (χ2v) is 3.19. The fraction of sp³-hybridized carbons (Fsp3) is 0.364. The van der Waals surface area contributed by atoms with Crippen LogP contribution >= 0.6 is 0 Å². The number of methoxy groups -OCH3 is 1. The molecule has 2 N–H and O–H groups in total. The summed E-state index contributed by atoms with van der Waals surface area (Å²) >= 11 is 0. The van der Waals surface area contributed by atoms with E-state index in [-0.39, 0.29) is 0 Å². The van der Waals surface area contributed by atoms with E-state index < -0.39 is 6.09 Å². The number of ether oxygens (including phenoxy) is 1. The first kappa shape index (κ1) is 11.4. The molecule has 0 bridgehead atoms. The van der Waals surface area contributed by atoms with Gasteiger partial charge in [-0.3, -0.25) is 0 Å². The number of nitrogens with one attached hydrogen (secondary N) is 1. The Morgan fingerprint density at radius 2 is 2.33 bits per heavy atom. The summed E-state index contributed by atoms with van der Waals surface area (Å²) in [4.78, 5) is 10.2. The van der Waals surface area contributed by atoms with Gasteiger partial charge in [-0.25, -0.2) is 4.79 Å². The highest BCUT2D eigenvalue weighted by Crippen LogP contribution is 2.13. The van der Waals surface area contributed by atoms with Crippen LogP contribution in [0.4, 0.5) is 4.79 Å². The van der Waals surface area contributed by atoms with Crippen molar-refractivity contribution in [2.24, 2.45) is 0 Å². The summed E-state index contributed by atoms with van der Waals surface area (Å²) in [5, 5.41) is 10.7. The molecule has 4 heteroatoms. The fourth-order valence-corrected chi connectivity index (χ4v) is 1.32. The molecule has 1 aromatic rings. The molecule has 1 rings (SSSR count). The molecule has 0 unspecified atom stereocenters. The molecule has 15 heavy (non-hydrogen) atoms. The lowest BCUT2D eigenvalue weighted by Gasteiger charge is -2.04. The zero-order chi connectivity index (χ0) is 11.1. The van der Waals surface area contributed by atoms with Crippen LogP contribution in [0.2, 0.25) is 0 Å².